The van der Waals surface area contributed by atoms with E-state index < -0.39 is 44.4 Å². The number of amides is 2. The molecule has 7 nitrogen and oxygen atoms in total. The average Bonchev–Trinajstić information content (AvgIpc) is 2.64. The molecule has 2 rings (SSSR count). The van der Waals surface area contributed by atoms with Crippen molar-refractivity contribution >= 4 is 21.8 Å². The molecule has 0 saturated carbocycles. The lowest BCUT2D eigenvalue weighted by atomic mass is 10.1. The van der Waals surface area contributed by atoms with Crippen molar-refractivity contribution in [2.24, 2.45) is 5.73 Å². The molecule has 0 fully saturated rings. The monoisotopic (exact) mass is 411 g/mol. The number of benzene rings is 2. The number of sulfonamides is 1. The summed E-state index contributed by atoms with van der Waals surface area (Å²) in [5.41, 5.74) is 6.10. The summed E-state index contributed by atoms with van der Waals surface area (Å²) < 4.78 is 52.3. The van der Waals surface area contributed by atoms with Gasteiger partial charge in [0.25, 0.3) is 0 Å². The Balaban J connectivity index is 1.89. The second-order valence-electron chi connectivity index (χ2n) is 5.94. The van der Waals surface area contributed by atoms with Crippen molar-refractivity contribution in [2.45, 2.75) is 23.8 Å². The topological polar surface area (TPSA) is 118 Å². The largest absolute Gasteiger partial charge is 0.368 e. The van der Waals surface area contributed by atoms with Crippen LogP contribution in [0.25, 0.3) is 0 Å². The number of nitrogens with one attached hydrogen (secondary N) is 2. The van der Waals surface area contributed by atoms with Gasteiger partial charge in [0.15, 0.2) is 11.6 Å². The van der Waals surface area contributed by atoms with Gasteiger partial charge in [0.2, 0.25) is 21.8 Å². The Labute approximate surface area is 161 Å². The van der Waals surface area contributed by atoms with E-state index >= 15 is 0 Å². The lowest BCUT2D eigenvalue weighted by Gasteiger charge is -2.16. The first kappa shape index (κ1) is 21.5. The van der Waals surface area contributed by atoms with E-state index in [0.717, 1.165) is 11.6 Å². The Kier molecular flexibility index (Phi) is 7.18. The Hall–Kier alpha value is -2.85. The highest BCUT2D eigenvalue weighted by atomic mass is 32.2. The number of carbonyl (C=O) groups excluding carboxylic acids is 2. The molecule has 0 radical (unpaired) electrons. The third-order valence-corrected chi connectivity index (χ3v) is 5.27. The van der Waals surface area contributed by atoms with Gasteiger partial charge in [-0.1, -0.05) is 30.3 Å². The van der Waals surface area contributed by atoms with Crippen LogP contribution >= 0.6 is 0 Å². The Morgan fingerprint density at radius 1 is 1.04 bits per heavy atom. The van der Waals surface area contributed by atoms with Gasteiger partial charge in [-0.3, -0.25) is 9.59 Å². The molecular weight excluding hydrogens is 392 g/mol. The Bertz CT molecular complexity index is 953. The normalized spacial score (nSPS) is 12.4. The maximum absolute atomic E-state index is 13.2. The van der Waals surface area contributed by atoms with E-state index in [-0.39, 0.29) is 19.4 Å². The minimum Gasteiger partial charge on any atom is -0.368 e. The van der Waals surface area contributed by atoms with Gasteiger partial charge in [-0.2, -0.15) is 0 Å². The molecule has 0 bridgehead atoms. The molecule has 0 saturated heterocycles. The maximum atomic E-state index is 13.2. The first-order chi connectivity index (χ1) is 13.2. The van der Waals surface area contributed by atoms with E-state index in [1.165, 1.54) is 0 Å². The number of hydrogen-bond acceptors (Lipinski definition) is 4. The van der Waals surface area contributed by atoms with Gasteiger partial charge in [-0.15, -0.1) is 0 Å². The van der Waals surface area contributed by atoms with Crippen LogP contribution in [0, 0.1) is 11.6 Å². The van der Waals surface area contributed by atoms with Crippen LogP contribution in [-0.2, 0) is 26.0 Å². The summed E-state index contributed by atoms with van der Waals surface area (Å²) in [6, 6.07) is 10.1. The predicted octanol–water partition coefficient (Wildman–Crippen LogP) is 0.846. The molecule has 1 atom stereocenters. The first-order valence-electron chi connectivity index (χ1n) is 8.26. The summed E-state index contributed by atoms with van der Waals surface area (Å²) >= 11 is 0. The zero-order valence-corrected chi connectivity index (χ0v) is 15.5. The lowest BCUT2D eigenvalue weighted by molar-refractivity contribution is -0.127. The van der Waals surface area contributed by atoms with Crippen molar-refractivity contribution in [3.63, 3.8) is 0 Å². The summed E-state index contributed by atoms with van der Waals surface area (Å²) in [6.45, 7) is -0.302. The van der Waals surface area contributed by atoms with E-state index in [4.69, 9.17) is 5.73 Å². The number of rotatable bonds is 9. The first-order valence-corrected chi connectivity index (χ1v) is 9.74. The van der Waals surface area contributed by atoms with Crippen molar-refractivity contribution in [1.29, 1.82) is 0 Å². The molecule has 2 amide bonds. The molecule has 28 heavy (non-hydrogen) atoms. The van der Waals surface area contributed by atoms with Crippen LogP contribution in [0.4, 0.5) is 8.78 Å². The fourth-order valence-electron chi connectivity index (χ4n) is 2.37. The van der Waals surface area contributed by atoms with Crippen molar-refractivity contribution in [3.05, 3.63) is 65.7 Å². The van der Waals surface area contributed by atoms with E-state index in [0.29, 0.717) is 12.1 Å². The second-order valence-corrected chi connectivity index (χ2v) is 7.70. The maximum Gasteiger partial charge on any atom is 0.240 e. The quantitative estimate of drug-likeness (QED) is 0.567. The molecule has 0 spiro atoms. The van der Waals surface area contributed by atoms with Crippen molar-refractivity contribution in [3.8, 4) is 0 Å². The van der Waals surface area contributed by atoms with Crippen molar-refractivity contribution < 1.29 is 26.8 Å². The minimum atomic E-state index is -4.12. The zero-order chi connectivity index (χ0) is 20.7. The van der Waals surface area contributed by atoms with Crippen LogP contribution in [0.2, 0.25) is 0 Å². The molecule has 0 aliphatic heterocycles. The molecule has 0 aromatic heterocycles. The molecule has 4 N–H and O–H groups in total. The molecule has 0 heterocycles. The van der Waals surface area contributed by atoms with Crippen LogP contribution in [0.1, 0.15) is 12.0 Å². The van der Waals surface area contributed by atoms with Crippen LogP contribution in [-0.4, -0.2) is 32.8 Å². The fourth-order valence-corrected chi connectivity index (χ4v) is 3.41. The van der Waals surface area contributed by atoms with Gasteiger partial charge in [0.05, 0.1) is 4.90 Å². The van der Waals surface area contributed by atoms with Crippen LogP contribution < -0.4 is 15.8 Å². The van der Waals surface area contributed by atoms with Crippen LogP contribution in [0.5, 0.6) is 0 Å². The second kappa shape index (κ2) is 9.38. The molecule has 150 valence electrons. The highest BCUT2D eigenvalue weighted by Crippen LogP contribution is 2.13. The summed E-state index contributed by atoms with van der Waals surface area (Å²) in [5.74, 6) is -3.78. The third-order valence-electron chi connectivity index (χ3n) is 3.81. The summed E-state index contributed by atoms with van der Waals surface area (Å²) in [5, 5.41) is 2.45. The third kappa shape index (κ3) is 6.10. The smallest absolute Gasteiger partial charge is 0.240 e. The SMILES string of the molecule is NC(=O)C(Cc1ccccc1)NC(=O)CCNS(=O)(=O)c1ccc(F)c(F)c1. The number of nitrogens with two attached hydrogens (primary N) is 1. The van der Waals surface area contributed by atoms with Gasteiger partial charge in [-0.05, 0) is 23.8 Å². The number of carbonyl (C=O) groups is 2. The van der Waals surface area contributed by atoms with Gasteiger partial charge in [-0.25, -0.2) is 21.9 Å². The Morgan fingerprint density at radius 2 is 1.71 bits per heavy atom. The predicted molar refractivity (Wildman–Crippen MR) is 97.4 cm³/mol. The Morgan fingerprint density at radius 3 is 2.32 bits per heavy atom. The summed E-state index contributed by atoms with van der Waals surface area (Å²) in [7, 11) is -4.12. The van der Waals surface area contributed by atoms with E-state index in [1.54, 1.807) is 30.3 Å². The fraction of sp³-hybridized carbons (Fsp3) is 0.222. The van der Waals surface area contributed by atoms with E-state index in [1.807, 2.05) is 0 Å². The van der Waals surface area contributed by atoms with E-state index in [9.17, 15) is 26.8 Å². The number of halogens is 2. The van der Waals surface area contributed by atoms with Crippen LogP contribution in [0.15, 0.2) is 53.4 Å². The highest BCUT2D eigenvalue weighted by molar-refractivity contribution is 7.89. The highest BCUT2D eigenvalue weighted by Gasteiger charge is 2.20. The van der Waals surface area contributed by atoms with Crippen LogP contribution in [0.3, 0.4) is 0 Å². The zero-order valence-electron chi connectivity index (χ0n) is 14.7. The molecule has 2 aromatic carbocycles. The minimum absolute atomic E-state index is 0.197. The number of hydrogen-bond donors (Lipinski definition) is 3. The molecule has 2 aromatic rings. The molecule has 10 heteroatoms. The molecular formula is C18H19F2N3O4S. The van der Waals surface area contributed by atoms with Gasteiger partial charge < -0.3 is 11.1 Å². The standard InChI is InChI=1S/C18H19F2N3O4S/c19-14-7-6-13(11-15(14)20)28(26,27)22-9-8-17(24)23-16(18(21)25)10-12-4-2-1-3-5-12/h1-7,11,16,22H,8-10H2,(H2,21,25)(H,23,24). The van der Waals surface area contributed by atoms with E-state index in [2.05, 4.69) is 10.0 Å². The average molecular weight is 411 g/mol. The molecule has 0 aliphatic carbocycles. The van der Waals surface area contributed by atoms with Crippen molar-refractivity contribution in [1.82, 2.24) is 10.0 Å². The van der Waals surface area contributed by atoms with Gasteiger partial charge >= 0.3 is 0 Å². The lowest BCUT2D eigenvalue weighted by Crippen LogP contribution is -2.46. The molecule has 0 aliphatic rings. The summed E-state index contributed by atoms with van der Waals surface area (Å²) in [4.78, 5) is 23.1. The number of primary amides is 1. The molecule has 1 unspecified atom stereocenters. The van der Waals surface area contributed by atoms with Gasteiger partial charge in [0, 0.05) is 19.4 Å². The van der Waals surface area contributed by atoms with Gasteiger partial charge in [0.1, 0.15) is 6.04 Å². The van der Waals surface area contributed by atoms with Crippen molar-refractivity contribution in [2.75, 3.05) is 6.54 Å². The summed E-state index contributed by atoms with van der Waals surface area (Å²) in [6.07, 6.45) is -0.0794.